The molecule has 37 heavy (non-hydrogen) atoms. The number of carbonyl (C=O) groups is 1. The number of ether oxygens (including phenoxy) is 3. The summed E-state index contributed by atoms with van der Waals surface area (Å²) in [5, 5.41) is 3.42. The molecule has 0 atom stereocenters. The van der Waals surface area contributed by atoms with Gasteiger partial charge < -0.3 is 28.8 Å². The molecule has 7 heteroatoms. The van der Waals surface area contributed by atoms with E-state index in [4.69, 9.17) is 18.6 Å². The fraction of sp³-hybridized carbons (Fsp3) is 0.233. The third kappa shape index (κ3) is 5.26. The third-order valence-corrected chi connectivity index (χ3v) is 6.65. The van der Waals surface area contributed by atoms with Gasteiger partial charge in [0.25, 0.3) is 5.91 Å². The highest BCUT2D eigenvalue weighted by Crippen LogP contribution is 2.34. The molecule has 1 amide bonds. The summed E-state index contributed by atoms with van der Waals surface area (Å²) >= 11 is 0. The van der Waals surface area contributed by atoms with Gasteiger partial charge in [-0.3, -0.25) is 4.79 Å². The number of hydrogen-bond donors (Lipinski definition) is 1. The Kier molecular flexibility index (Phi) is 7.03. The van der Waals surface area contributed by atoms with Gasteiger partial charge in [-0.1, -0.05) is 12.1 Å². The van der Waals surface area contributed by atoms with Crippen LogP contribution in [0.2, 0.25) is 0 Å². The molecule has 0 saturated heterocycles. The van der Waals surface area contributed by atoms with E-state index < -0.39 is 0 Å². The number of nitrogens with zero attached hydrogens (tertiary/aromatic N) is 1. The van der Waals surface area contributed by atoms with E-state index in [2.05, 4.69) is 5.32 Å². The molecule has 0 spiro atoms. The average Bonchev–Trinajstić information content (AvgIpc) is 3.45. The largest absolute Gasteiger partial charge is 0.497 e. The van der Waals surface area contributed by atoms with Crippen molar-refractivity contribution in [1.82, 2.24) is 4.90 Å². The monoisotopic (exact) mass is 498 g/mol. The predicted molar refractivity (Wildman–Crippen MR) is 142 cm³/mol. The van der Waals surface area contributed by atoms with Crippen molar-refractivity contribution in [3.05, 3.63) is 95.2 Å². The minimum atomic E-state index is -0.121. The van der Waals surface area contributed by atoms with Gasteiger partial charge in [0.1, 0.15) is 11.5 Å². The molecule has 0 bridgehead atoms. The van der Waals surface area contributed by atoms with E-state index in [9.17, 15) is 4.79 Å². The number of methoxy groups -OCH3 is 3. The van der Waals surface area contributed by atoms with Crippen LogP contribution in [0.4, 0.5) is 5.69 Å². The van der Waals surface area contributed by atoms with Crippen molar-refractivity contribution in [1.29, 1.82) is 0 Å². The summed E-state index contributed by atoms with van der Waals surface area (Å²) in [5.74, 6) is 3.09. The Bertz CT molecular complexity index is 1380. The maximum Gasteiger partial charge on any atom is 0.289 e. The second-order valence-corrected chi connectivity index (χ2v) is 8.90. The quantitative estimate of drug-likeness (QED) is 0.332. The molecular weight excluding hydrogens is 468 g/mol. The topological polar surface area (TPSA) is 73.2 Å². The van der Waals surface area contributed by atoms with Crippen LogP contribution in [-0.2, 0) is 19.5 Å². The van der Waals surface area contributed by atoms with Crippen molar-refractivity contribution >= 4 is 11.6 Å². The van der Waals surface area contributed by atoms with Crippen LogP contribution < -0.4 is 19.5 Å². The summed E-state index contributed by atoms with van der Waals surface area (Å²) in [6.07, 6.45) is 0.750. The SMILES string of the molecule is COc1ccc(CNc2ccc(-c3ccc(C(=O)N4CCc5cc(OC)c(OC)cc5C4)o3)cc2)cc1. The van der Waals surface area contributed by atoms with Gasteiger partial charge in [-0.25, -0.2) is 0 Å². The molecule has 0 aliphatic carbocycles. The fourth-order valence-electron chi connectivity index (χ4n) is 4.52. The molecule has 3 aromatic carbocycles. The van der Waals surface area contributed by atoms with Gasteiger partial charge in [-0.15, -0.1) is 0 Å². The summed E-state index contributed by atoms with van der Waals surface area (Å²) in [5.41, 5.74) is 5.30. The molecule has 1 N–H and O–H groups in total. The Morgan fingerprint density at radius 1 is 0.865 bits per heavy atom. The minimum Gasteiger partial charge on any atom is -0.497 e. The Labute approximate surface area is 216 Å². The van der Waals surface area contributed by atoms with Crippen molar-refractivity contribution in [2.24, 2.45) is 0 Å². The summed E-state index contributed by atoms with van der Waals surface area (Å²) in [6.45, 7) is 1.82. The summed E-state index contributed by atoms with van der Waals surface area (Å²) in [7, 11) is 4.91. The molecule has 4 aromatic rings. The molecule has 1 aromatic heterocycles. The van der Waals surface area contributed by atoms with E-state index >= 15 is 0 Å². The molecule has 1 aliphatic heterocycles. The van der Waals surface area contributed by atoms with Crippen molar-refractivity contribution in [3.8, 4) is 28.6 Å². The van der Waals surface area contributed by atoms with Crippen molar-refractivity contribution in [2.75, 3.05) is 33.2 Å². The molecule has 1 aliphatic rings. The lowest BCUT2D eigenvalue weighted by atomic mass is 9.98. The molecule has 2 heterocycles. The third-order valence-electron chi connectivity index (χ3n) is 6.65. The Balaban J connectivity index is 1.23. The lowest BCUT2D eigenvalue weighted by molar-refractivity contribution is 0.0703. The van der Waals surface area contributed by atoms with Gasteiger partial charge in [0, 0.05) is 30.9 Å². The number of fused-ring (bicyclic) bond motifs is 1. The fourth-order valence-corrected chi connectivity index (χ4v) is 4.52. The standard InChI is InChI=1S/C30H30N2O5/c1-34-25-10-4-20(5-11-25)18-31-24-8-6-21(7-9-24)26-12-13-27(37-26)30(33)32-15-14-22-16-28(35-2)29(36-3)17-23(22)19-32/h4-13,16-17,31H,14-15,18-19H2,1-3H3. The molecule has 190 valence electrons. The van der Waals surface area contributed by atoms with Gasteiger partial charge in [0.15, 0.2) is 17.3 Å². The number of amides is 1. The Morgan fingerprint density at radius 2 is 1.57 bits per heavy atom. The van der Waals surface area contributed by atoms with Gasteiger partial charge in [-0.2, -0.15) is 0 Å². The number of anilines is 1. The first-order valence-corrected chi connectivity index (χ1v) is 12.2. The highest BCUT2D eigenvalue weighted by molar-refractivity contribution is 5.92. The predicted octanol–water partition coefficient (Wildman–Crippen LogP) is 5.78. The van der Waals surface area contributed by atoms with Crippen LogP contribution in [0.15, 0.2) is 77.2 Å². The molecular formula is C30H30N2O5. The number of nitrogens with one attached hydrogen (secondary N) is 1. The summed E-state index contributed by atoms with van der Waals surface area (Å²) < 4.78 is 22.0. The van der Waals surface area contributed by atoms with E-state index in [-0.39, 0.29) is 5.91 Å². The molecule has 0 fully saturated rings. The van der Waals surface area contributed by atoms with Gasteiger partial charge >= 0.3 is 0 Å². The first kappa shape index (κ1) is 24.3. The summed E-state index contributed by atoms with van der Waals surface area (Å²) in [6, 6.07) is 23.5. The number of furan rings is 1. The molecule has 7 nitrogen and oxygen atoms in total. The van der Waals surface area contributed by atoms with Crippen molar-refractivity contribution in [3.63, 3.8) is 0 Å². The van der Waals surface area contributed by atoms with Crippen LogP contribution in [0.3, 0.4) is 0 Å². The Hall–Kier alpha value is -4.39. The maximum absolute atomic E-state index is 13.2. The highest BCUT2D eigenvalue weighted by Gasteiger charge is 2.25. The average molecular weight is 499 g/mol. The number of benzene rings is 3. The lowest BCUT2D eigenvalue weighted by Gasteiger charge is -2.29. The maximum atomic E-state index is 13.2. The Morgan fingerprint density at radius 3 is 2.24 bits per heavy atom. The normalized spacial score (nSPS) is 12.6. The van der Waals surface area contributed by atoms with Crippen LogP contribution >= 0.6 is 0 Å². The number of hydrogen-bond acceptors (Lipinski definition) is 6. The first-order valence-electron chi connectivity index (χ1n) is 12.2. The first-order chi connectivity index (χ1) is 18.1. The minimum absolute atomic E-state index is 0.121. The molecule has 0 radical (unpaired) electrons. The van der Waals surface area contributed by atoms with E-state index in [0.717, 1.165) is 34.5 Å². The summed E-state index contributed by atoms with van der Waals surface area (Å²) in [4.78, 5) is 15.0. The molecule has 0 unspecified atom stereocenters. The zero-order valence-corrected chi connectivity index (χ0v) is 21.2. The van der Waals surface area contributed by atoms with E-state index in [1.54, 1.807) is 27.4 Å². The second-order valence-electron chi connectivity index (χ2n) is 8.90. The molecule has 5 rings (SSSR count). The number of carbonyl (C=O) groups excluding carboxylic acids is 1. The van der Waals surface area contributed by atoms with E-state index in [1.165, 1.54) is 5.56 Å². The number of rotatable bonds is 8. The van der Waals surface area contributed by atoms with Gasteiger partial charge in [0.05, 0.1) is 21.3 Å². The van der Waals surface area contributed by atoms with Crippen molar-refractivity contribution < 1.29 is 23.4 Å². The van der Waals surface area contributed by atoms with Crippen LogP contribution in [0.25, 0.3) is 11.3 Å². The van der Waals surface area contributed by atoms with E-state index in [1.807, 2.05) is 71.6 Å². The van der Waals surface area contributed by atoms with Crippen LogP contribution in [0.1, 0.15) is 27.2 Å². The molecule has 0 saturated carbocycles. The van der Waals surface area contributed by atoms with Crippen LogP contribution in [0.5, 0.6) is 17.2 Å². The van der Waals surface area contributed by atoms with E-state index in [0.29, 0.717) is 42.7 Å². The highest BCUT2D eigenvalue weighted by atomic mass is 16.5. The zero-order valence-electron chi connectivity index (χ0n) is 21.2. The second kappa shape index (κ2) is 10.7. The van der Waals surface area contributed by atoms with Crippen LogP contribution in [-0.4, -0.2) is 38.7 Å². The van der Waals surface area contributed by atoms with Crippen LogP contribution in [0, 0.1) is 0 Å². The zero-order chi connectivity index (χ0) is 25.8. The smallest absolute Gasteiger partial charge is 0.289 e. The lowest BCUT2D eigenvalue weighted by Crippen LogP contribution is -2.35. The van der Waals surface area contributed by atoms with Gasteiger partial charge in [0.2, 0.25) is 0 Å². The van der Waals surface area contributed by atoms with Gasteiger partial charge in [-0.05, 0) is 83.8 Å². The van der Waals surface area contributed by atoms with Crippen molar-refractivity contribution in [2.45, 2.75) is 19.5 Å².